The third-order valence-corrected chi connectivity index (χ3v) is 4.09. The van der Waals surface area contributed by atoms with Crippen LogP contribution in [-0.4, -0.2) is 16.8 Å². The molecule has 1 fully saturated rings. The van der Waals surface area contributed by atoms with Crippen molar-refractivity contribution >= 4 is 41.2 Å². The van der Waals surface area contributed by atoms with Gasteiger partial charge in [-0.2, -0.15) is 0 Å². The first-order chi connectivity index (χ1) is 11.1. The molecule has 0 atom stereocenters. The fourth-order valence-corrected chi connectivity index (χ4v) is 2.78. The van der Waals surface area contributed by atoms with Crippen molar-refractivity contribution in [3.63, 3.8) is 0 Å². The molecule has 0 radical (unpaired) electrons. The van der Waals surface area contributed by atoms with E-state index in [0.29, 0.717) is 15.6 Å². The Morgan fingerprint density at radius 1 is 0.957 bits per heavy atom. The highest BCUT2D eigenvalue weighted by Crippen LogP contribution is 2.27. The van der Waals surface area contributed by atoms with E-state index in [-0.39, 0.29) is 12.2 Å². The highest BCUT2D eigenvalue weighted by molar-refractivity contribution is 6.37. The second kappa shape index (κ2) is 6.44. The molecule has 3 amide bonds. The first-order valence-electron chi connectivity index (χ1n) is 6.89. The van der Waals surface area contributed by atoms with Crippen molar-refractivity contribution < 1.29 is 9.59 Å². The average Bonchev–Trinajstić information content (AvgIpc) is 2.80. The van der Waals surface area contributed by atoms with Gasteiger partial charge in [0.15, 0.2) is 0 Å². The number of rotatable bonds is 3. The third-order valence-electron chi connectivity index (χ3n) is 3.43. The number of hydrogen-bond acceptors (Lipinski definition) is 2. The lowest BCUT2D eigenvalue weighted by Crippen LogP contribution is -2.30. The molecule has 1 aliphatic heterocycles. The van der Waals surface area contributed by atoms with E-state index in [9.17, 15) is 9.59 Å². The van der Waals surface area contributed by atoms with Crippen LogP contribution in [0.15, 0.2) is 54.2 Å². The number of amides is 3. The molecule has 0 aliphatic carbocycles. The Bertz CT molecular complexity index is 783. The number of benzene rings is 2. The number of halogens is 2. The second-order valence-electron chi connectivity index (χ2n) is 5.00. The minimum absolute atomic E-state index is 0.154. The van der Waals surface area contributed by atoms with Crippen molar-refractivity contribution in [1.29, 1.82) is 0 Å². The van der Waals surface area contributed by atoms with Crippen molar-refractivity contribution in [3.8, 4) is 0 Å². The Hall–Kier alpha value is -2.30. The van der Waals surface area contributed by atoms with Gasteiger partial charge in [-0.15, -0.1) is 0 Å². The first kappa shape index (κ1) is 15.6. The minimum Gasteiger partial charge on any atom is -0.303 e. The van der Waals surface area contributed by atoms with Gasteiger partial charge in [0.05, 0.1) is 6.54 Å². The highest BCUT2D eigenvalue weighted by Gasteiger charge is 2.33. The lowest BCUT2D eigenvalue weighted by Gasteiger charge is -2.11. The molecule has 1 aliphatic rings. The number of nitrogens with zero attached hydrogens (tertiary/aromatic N) is 1. The molecule has 0 spiro atoms. The summed E-state index contributed by atoms with van der Waals surface area (Å²) in [5.74, 6) is -0.408. The van der Waals surface area contributed by atoms with Crippen molar-refractivity contribution in [2.24, 2.45) is 0 Å². The Kier molecular flexibility index (Phi) is 4.37. The van der Waals surface area contributed by atoms with Crippen LogP contribution < -0.4 is 5.32 Å². The van der Waals surface area contributed by atoms with E-state index in [0.717, 1.165) is 10.5 Å². The summed E-state index contributed by atoms with van der Waals surface area (Å²) in [7, 11) is 0. The molecule has 2 aromatic carbocycles. The second-order valence-corrected chi connectivity index (χ2v) is 5.81. The molecular formula is C17H12Cl2N2O2. The van der Waals surface area contributed by atoms with Crippen LogP contribution in [0.4, 0.5) is 4.79 Å². The van der Waals surface area contributed by atoms with Gasteiger partial charge in [-0.1, -0.05) is 59.6 Å². The fourth-order valence-electron chi connectivity index (χ4n) is 2.27. The monoisotopic (exact) mass is 346 g/mol. The zero-order valence-electron chi connectivity index (χ0n) is 11.9. The van der Waals surface area contributed by atoms with Crippen LogP contribution in [0, 0.1) is 0 Å². The van der Waals surface area contributed by atoms with Gasteiger partial charge < -0.3 is 5.32 Å². The predicted molar refractivity (Wildman–Crippen MR) is 90.0 cm³/mol. The summed E-state index contributed by atoms with van der Waals surface area (Å²) in [6, 6.07) is 13.9. The average molecular weight is 347 g/mol. The fraction of sp³-hybridized carbons (Fsp3) is 0.0588. The zero-order valence-corrected chi connectivity index (χ0v) is 13.4. The Morgan fingerprint density at radius 2 is 1.61 bits per heavy atom. The Morgan fingerprint density at radius 3 is 2.26 bits per heavy atom. The quantitative estimate of drug-likeness (QED) is 0.672. The van der Waals surface area contributed by atoms with Crippen molar-refractivity contribution in [3.05, 3.63) is 75.4 Å². The standard InChI is InChI=1S/C17H12Cl2N2O2/c18-13-7-4-8-14(19)12(13)9-15-16(22)21(17(23)20-15)10-11-5-2-1-3-6-11/h1-9H,10H2,(H,20,23)/b15-9+. The maximum absolute atomic E-state index is 12.4. The number of carbonyl (C=O) groups is 2. The van der Waals surface area contributed by atoms with Gasteiger partial charge in [0.2, 0.25) is 0 Å². The number of hydrogen-bond donors (Lipinski definition) is 1. The van der Waals surface area contributed by atoms with Crippen molar-refractivity contribution in [2.75, 3.05) is 0 Å². The topological polar surface area (TPSA) is 49.4 Å². The zero-order chi connectivity index (χ0) is 16.4. The van der Waals surface area contributed by atoms with Crippen LogP contribution in [0.3, 0.4) is 0 Å². The summed E-state index contributed by atoms with van der Waals surface area (Å²) in [6.45, 7) is 0.207. The summed E-state index contributed by atoms with van der Waals surface area (Å²) in [4.78, 5) is 25.6. The molecule has 3 rings (SSSR count). The molecule has 6 heteroatoms. The molecule has 1 saturated heterocycles. The molecule has 0 aromatic heterocycles. The van der Waals surface area contributed by atoms with Crippen LogP contribution in [0.1, 0.15) is 11.1 Å². The maximum atomic E-state index is 12.4. The molecule has 0 bridgehead atoms. The van der Waals surface area contributed by atoms with Gasteiger partial charge in [0.25, 0.3) is 5.91 Å². The number of carbonyl (C=O) groups excluding carboxylic acids is 2. The highest BCUT2D eigenvalue weighted by atomic mass is 35.5. The lowest BCUT2D eigenvalue weighted by atomic mass is 10.2. The minimum atomic E-state index is -0.465. The summed E-state index contributed by atoms with van der Waals surface area (Å²) < 4.78 is 0. The van der Waals surface area contributed by atoms with Gasteiger partial charge in [0.1, 0.15) is 5.70 Å². The van der Waals surface area contributed by atoms with E-state index in [2.05, 4.69) is 5.32 Å². The summed E-state index contributed by atoms with van der Waals surface area (Å²) >= 11 is 12.2. The maximum Gasteiger partial charge on any atom is 0.329 e. The summed E-state index contributed by atoms with van der Waals surface area (Å²) in [5, 5.41) is 3.38. The van der Waals surface area contributed by atoms with E-state index in [4.69, 9.17) is 23.2 Å². The first-order valence-corrected chi connectivity index (χ1v) is 7.64. The van der Waals surface area contributed by atoms with Crippen LogP contribution in [0.2, 0.25) is 10.0 Å². The Balaban J connectivity index is 1.88. The van der Waals surface area contributed by atoms with E-state index in [1.807, 2.05) is 30.3 Å². The number of imide groups is 1. The summed E-state index contributed by atoms with van der Waals surface area (Å²) in [6.07, 6.45) is 1.50. The van der Waals surface area contributed by atoms with E-state index >= 15 is 0 Å². The molecular weight excluding hydrogens is 335 g/mol. The van der Waals surface area contributed by atoms with Crippen LogP contribution >= 0.6 is 23.2 Å². The van der Waals surface area contributed by atoms with Crippen LogP contribution in [-0.2, 0) is 11.3 Å². The molecule has 4 nitrogen and oxygen atoms in total. The summed E-state index contributed by atoms with van der Waals surface area (Å²) in [5.41, 5.74) is 1.52. The smallest absolute Gasteiger partial charge is 0.303 e. The molecule has 1 heterocycles. The van der Waals surface area contributed by atoms with Gasteiger partial charge in [-0.3, -0.25) is 9.69 Å². The number of urea groups is 1. The molecule has 23 heavy (non-hydrogen) atoms. The van der Waals surface area contributed by atoms with Gasteiger partial charge in [-0.25, -0.2) is 4.79 Å². The number of nitrogens with one attached hydrogen (secondary N) is 1. The molecule has 0 saturated carbocycles. The molecule has 1 N–H and O–H groups in total. The molecule has 116 valence electrons. The van der Waals surface area contributed by atoms with E-state index < -0.39 is 11.9 Å². The van der Waals surface area contributed by atoms with Crippen molar-refractivity contribution in [1.82, 2.24) is 10.2 Å². The van der Waals surface area contributed by atoms with Crippen molar-refractivity contribution in [2.45, 2.75) is 6.54 Å². The van der Waals surface area contributed by atoms with Gasteiger partial charge >= 0.3 is 6.03 Å². The van der Waals surface area contributed by atoms with Gasteiger partial charge in [-0.05, 0) is 23.8 Å². The van der Waals surface area contributed by atoms with Gasteiger partial charge in [0, 0.05) is 15.6 Å². The lowest BCUT2D eigenvalue weighted by molar-refractivity contribution is -0.123. The van der Waals surface area contributed by atoms with Crippen LogP contribution in [0.5, 0.6) is 0 Å². The molecule has 2 aromatic rings. The Labute approximate surface area is 143 Å². The predicted octanol–water partition coefficient (Wildman–Crippen LogP) is 4.09. The third kappa shape index (κ3) is 3.23. The largest absolute Gasteiger partial charge is 0.329 e. The van der Waals surface area contributed by atoms with E-state index in [1.165, 1.54) is 6.08 Å². The SMILES string of the molecule is O=C1N/C(=C/c2c(Cl)cccc2Cl)C(=O)N1Cc1ccccc1. The van der Waals surface area contributed by atoms with Crippen LogP contribution in [0.25, 0.3) is 6.08 Å². The van der Waals surface area contributed by atoms with E-state index in [1.54, 1.807) is 18.2 Å². The normalized spacial score (nSPS) is 16.1. The molecule has 0 unspecified atom stereocenters.